The van der Waals surface area contributed by atoms with Crippen LogP contribution in [0.25, 0.3) is 0 Å². The van der Waals surface area contributed by atoms with Gasteiger partial charge in [0.25, 0.3) is 0 Å². The lowest BCUT2D eigenvalue weighted by molar-refractivity contribution is 0.644. The molecule has 0 radical (unpaired) electrons. The monoisotopic (exact) mass is 132 g/mol. The van der Waals surface area contributed by atoms with Crippen LogP contribution >= 0.6 is 11.6 Å². The lowest BCUT2D eigenvalue weighted by Gasteiger charge is -2.02. The average Bonchev–Trinajstić information content (AvgIpc) is 1.65. The van der Waals surface area contributed by atoms with E-state index in [2.05, 4.69) is 20.4 Å². The largest absolute Gasteiger partial charge is 0.122 e. The number of rotatable bonds is 3. The highest BCUT2D eigenvalue weighted by Crippen LogP contribution is 2.08. The van der Waals surface area contributed by atoms with Crippen LogP contribution in [0.5, 0.6) is 0 Å². The van der Waals surface area contributed by atoms with Gasteiger partial charge in [0.05, 0.1) is 0 Å². The molecule has 1 heteroatoms. The molecular weight excluding hydrogens is 120 g/mol. The lowest BCUT2D eigenvalue weighted by atomic mass is 10.1. The summed E-state index contributed by atoms with van der Waals surface area (Å²) in [5, 5.41) is 0. The van der Waals surface area contributed by atoms with Crippen LogP contribution in [0.2, 0.25) is 0 Å². The van der Waals surface area contributed by atoms with E-state index in [0.29, 0.717) is 11.8 Å². The number of alkyl halides is 1. The molecule has 0 aromatic carbocycles. The molecule has 0 fully saturated rings. The molecule has 0 unspecified atom stereocenters. The summed E-state index contributed by atoms with van der Waals surface area (Å²) in [6.07, 6.45) is 1.06. The molecule has 0 aliphatic rings. The summed E-state index contributed by atoms with van der Waals surface area (Å²) in [6, 6.07) is 0. The van der Waals surface area contributed by atoms with Crippen molar-refractivity contribution < 1.29 is 0 Å². The van der Waals surface area contributed by atoms with Crippen molar-refractivity contribution in [3.8, 4) is 0 Å². The zero-order chi connectivity index (χ0) is 6.57. The summed E-state index contributed by atoms with van der Waals surface area (Å²) in [5.74, 6) is 1.30. The zero-order valence-electron chi connectivity index (χ0n) is 5.58. The molecule has 0 nitrogen and oxygen atoms in total. The molecule has 0 aromatic heterocycles. The van der Waals surface area contributed by atoms with Gasteiger partial charge in [-0.05, 0) is 12.3 Å². The zero-order valence-corrected chi connectivity index (χ0v) is 6.33. The van der Waals surface area contributed by atoms with E-state index in [-0.39, 0.29) is 0 Å². The van der Waals surface area contributed by atoms with Crippen molar-refractivity contribution in [3.63, 3.8) is 0 Å². The van der Waals surface area contributed by atoms with Crippen molar-refractivity contribution in [2.45, 2.75) is 20.3 Å². The molecule has 0 spiro atoms. The van der Waals surface area contributed by atoms with Crippen molar-refractivity contribution in [1.82, 2.24) is 0 Å². The SMILES string of the molecule is C=C(CCl)CC(C)C. The van der Waals surface area contributed by atoms with E-state index in [1.165, 1.54) is 0 Å². The van der Waals surface area contributed by atoms with E-state index in [0.717, 1.165) is 12.0 Å². The van der Waals surface area contributed by atoms with E-state index >= 15 is 0 Å². The summed E-state index contributed by atoms with van der Waals surface area (Å²) in [4.78, 5) is 0. The molecule has 0 atom stereocenters. The fourth-order valence-corrected chi connectivity index (χ4v) is 0.741. The highest BCUT2D eigenvalue weighted by molar-refractivity contribution is 6.19. The van der Waals surface area contributed by atoms with E-state index < -0.39 is 0 Å². The molecule has 0 N–H and O–H groups in total. The minimum atomic E-state index is 0.609. The summed E-state index contributed by atoms with van der Waals surface area (Å²) >= 11 is 5.50. The second kappa shape index (κ2) is 3.96. The van der Waals surface area contributed by atoms with E-state index in [1.54, 1.807) is 0 Å². The Labute approximate surface area is 56.5 Å². The average molecular weight is 133 g/mol. The molecule has 0 aliphatic heterocycles. The van der Waals surface area contributed by atoms with Crippen LogP contribution < -0.4 is 0 Å². The second-order valence-corrected chi connectivity index (χ2v) is 2.75. The van der Waals surface area contributed by atoms with E-state index in [9.17, 15) is 0 Å². The van der Waals surface area contributed by atoms with Gasteiger partial charge in [-0.2, -0.15) is 0 Å². The van der Waals surface area contributed by atoms with Gasteiger partial charge in [-0.15, -0.1) is 11.6 Å². The first-order valence-electron chi connectivity index (χ1n) is 2.89. The standard InChI is InChI=1S/C7H13Cl/c1-6(2)4-7(3)5-8/h6H,3-5H2,1-2H3. The Bertz CT molecular complexity index is 74.5. The van der Waals surface area contributed by atoms with Crippen LogP contribution in [0.4, 0.5) is 0 Å². The third-order valence-electron chi connectivity index (χ3n) is 0.886. The molecule has 0 saturated heterocycles. The molecule has 0 saturated carbocycles. The van der Waals surface area contributed by atoms with Crippen molar-refractivity contribution in [1.29, 1.82) is 0 Å². The van der Waals surface area contributed by atoms with Crippen molar-refractivity contribution in [2.24, 2.45) is 5.92 Å². The molecule has 0 aliphatic carbocycles. The number of halogens is 1. The Morgan fingerprint density at radius 1 is 1.62 bits per heavy atom. The van der Waals surface area contributed by atoms with Crippen LogP contribution in [-0.4, -0.2) is 5.88 Å². The molecule has 0 bridgehead atoms. The number of hydrogen-bond acceptors (Lipinski definition) is 0. The van der Waals surface area contributed by atoms with E-state index in [4.69, 9.17) is 11.6 Å². The maximum atomic E-state index is 5.50. The minimum Gasteiger partial charge on any atom is -0.122 e. The molecule has 8 heavy (non-hydrogen) atoms. The third kappa shape index (κ3) is 4.20. The molecular formula is C7H13Cl. The van der Waals surface area contributed by atoms with Gasteiger partial charge in [0.2, 0.25) is 0 Å². The van der Waals surface area contributed by atoms with Crippen LogP contribution in [0, 0.1) is 5.92 Å². The highest BCUT2D eigenvalue weighted by atomic mass is 35.5. The fraction of sp³-hybridized carbons (Fsp3) is 0.714. The number of hydrogen-bond donors (Lipinski definition) is 0. The summed E-state index contributed by atoms with van der Waals surface area (Å²) in [5.41, 5.74) is 1.14. The summed E-state index contributed by atoms with van der Waals surface area (Å²) in [6.45, 7) is 8.11. The Kier molecular flexibility index (Phi) is 3.98. The molecule has 0 aromatic rings. The summed E-state index contributed by atoms with van der Waals surface area (Å²) in [7, 11) is 0. The molecule has 0 rings (SSSR count). The van der Waals surface area contributed by atoms with Crippen LogP contribution in [-0.2, 0) is 0 Å². The first kappa shape index (κ1) is 8.03. The highest BCUT2D eigenvalue weighted by Gasteiger charge is 1.94. The minimum absolute atomic E-state index is 0.609. The Morgan fingerprint density at radius 2 is 2.12 bits per heavy atom. The smallest absolute Gasteiger partial charge is 0.0431 e. The predicted octanol–water partition coefficient (Wildman–Crippen LogP) is 2.83. The van der Waals surface area contributed by atoms with E-state index in [1.807, 2.05) is 0 Å². The van der Waals surface area contributed by atoms with Gasteiger partial charge < -0.3 is 0 Å². The summed E-state index contributed by atoms with van der Waals surface area (Å²) < 4.78 is 0. The van der Waals surface area contributed by atoms with Gasteiger partial charge in [-0.3, -0.25) is 0 Å². The first-order chi connectivity index (χ1) is 3.66. The van der Waals surface area contributed by atoms with Gasteiger partial charge in [0, 0.05) is 5.88 Å². The normalized spacial score (nSPS) is 10.0. The first-order valence-corrected chi connectivity index (χ1v) is 3.43. The Balaban J connectivity index is 3.25. The third-order valence-corrected chi connectivity index (χ3v) is 1.26. The fourth-order valence-electron chi connectivity index (χ4n) is 0.632. The van der Waals surface area contributed by atoms with Crippen LogP contribution in [0.15, 0.2) is 12.2 Å². The van der Waals surface area contributed by atoms with Crippen LogP contribution in [0.1, 0.15) is 20.3 Å². The maximum absolute atomic E-state index is 5.50. The second-order valence-electron chi connectivity index (χ2n) is 2.48. The van der Waals surface area contributed by atoms with Crippen LogP contribution in [0.3, 0.4) is 0 Å². The van der Waals surface area contributed by atoms with Crippen molar-refractivity contribution in [2.75, 3.05) is 5.88 Å². The Morgan fingerprint density at radius 3 is 2.25 bits per heavy atom. The lowest BCUT2D eigenvalue weighted by Crippen LogP contribution is -1.90. The van der Waals surface area contributed by atoms with Crippen molar-refractivity contribution in [3.05, 3.63) is 12.2 Å². The van der Waals surface area contributed by atoms with Gasteiger partial charge in [0.1, 0.15) is 0 Å². The van der Waals surface area contributed by atoms with Gasteiger partial charge in [0.15, 0.2) is 0 Å². The van der Waals surface area contributed by atoms with Gasteiger partial charge in [-0.25, -0.2) is 0 Å². The maximum Gasteiger partial charge on any atom is 0.0431 e. The van der Waals surface area contributed by atoms with Gasteiger partial charge >= 0.3 is 0 Å². The van der Waals surface area contributed by atoms with Crippen molar-refractivity contribution >= 4 is 11.6 Å². The molecule has 0 heterocycles. The number of allylic oxidation sites excluding steroid dienone is 1. The quantitative estimate of drug-likeness (QED) is 0.409. The molecule has 48 valence electrons. The Hall–Kier alpha value is 0.0300. The predicted molar refractivity (Wildman–Crippen MR) is 39.3 cm³/mol. The topological polar surface area (TPSA) is 0 Å². The van der Waals surface area contributed by atoms with Gasteiger partial charge in [-0.1, -0.05) is 26.0 Å². The molecule has 0 amide bonds.